The molecule has 0 fully saturated rings. The zero-order valence-electron chi connectivity index (χ0n) is 19.8. The van der Waals surface area contributed by atoms with E-state index in [4.69, 9.17) is 21.1 Å². The summed E-state index contributed by atoms with van der Waals surface area (Å²) < 4.78 is 12.5. The van der Waals surface area contributed by atoms with Gasteiger partial charge in [0, 0.05) is 11.6 Å². The largest absolute Gasteiger partial charge is 0.493 e. The average Bonchev–Trinajstić information content (AvgIpc) is 2.80. The number of ether oxygens (including phenoxy) is 2. The lowest BCUT2D eigenvalue weighted by Gasteiger charge is -2.22. The van der Waals surface area contributed by atoms with Crippen LogP contribution < -0.4 is 14.8 Å². The van der Waals surface area contributed by atoms with Gasteiger partial charge in [-0.15, -0.1) is 0 Å². The van der Waals surface area contributed by atoms with Gasteiger partial charge in [-0.3, -0.25) is 0 Å². The van der Waals surface area contributed by atoms with Gasteiger partial charge in [0.25, 0.3) is 0 Å². The van der Waals surface area contributed by atoms with Crippen LogP contribution in [-0.2, 0) is 13.2 Å². The SMILES string of the molecule is CCCCN(CCCC)CCCNCc1cc(Br)c(OCc2ccc(Cl)cc2)c(OC)c1. The first-order valence-corrected chi connectivity index (χ1v) is 12.9. The van der Waals surface area contributed by atoms with Gasteiger partial charge in [-0.05, 0) is 96.8 Å². The zero-order valence-corrected chi connectivity index (χ0v) is 22.1. The smallest absolute Gasteiger partial charge is 0.175 e. The molecule has 0 spiro atoms. The van der Waals surface area contributed by atoms with E-state index in [1.807, 2.05) is 30.3 Å². The fourth-order valence-electron chi connectivity index (χ4n) is 3.51. The maximum absolute atomic E-state index is 6.03. The van der Waals surface area contributed by atoms with E-state index in [0.717, 1.165) is 46.9 Å². The second-order valence-electron chi connectivity index (χ2n) is 8.10. The standard InChI is InChI=1S/C26H38BrClN2O2/c1-4-6-14-30(15-7-5-2)16-8-13-29-19-22-17-24(27)26(25(18-22)31-3)32-20-21-9-11-23(28)12-10-21/h9-12,17-18,29H,4-8,13-16,19-20H2,1-3H3. The van der Waals surface area contributed by atoms with E-state index in [9.17, 15) is 0 Å². The van der Waals surface area contributed by atoms with E-state index in [1.54, 1.807) is 7.11 Å². The zero-order chi connectivity index (χ0) is 23.2. The Labute approximate surface area is 207 Å². The third-order valence-electron chi connectivity index (χ3n) is 5.40. The Morgan fingerprint density at radius 3 is 2.22 bits per heavy atom. The summed E-state index contributed by atoms with van der Waals surface area (Å²) in [4.78, 5) is 2.61. The predicted molar refractivity (Wildman–Crippen MR) is 139 cm³/mol. The summed E-state index contributed by atoms with van der Waals surface area (Å²) in [7, 11) is 1.68. The van der Waals surface area contributed by atoms with Crippen LogP contribution in [0.25, 0.3) is 0 Å². The monoisotopic (exact) mass is 524 g/mol. The molecule has 0 unspecified atom stereocenters. The lowest BCUT2D eigenvalue weighted by molar-refractivity contribution is 0.261. The quantitative estimate of drug-likeness (QED) is 0.238. The molecule has 4 nitrogen and oxygen atoms in total. The number of methoxy groups -OCH3 is 1. The van der Waals surface area contributed by atoms with Crippen LogP contribution >= 0.6 is 27.5 Å². The normalized spacial score (nSPS) is 11.2. The van der Waals surface area contributed by atoms with E-state index in [-0.39, 0.29) is 0 Å². The molecule has 0 aliphatic heterocycles. The molecule has 0 atom stereocenters. The molecule has 0 radical (unpaired) electrons. The number of hydrogen-bond donors (Lipinski definition) is 1. The summed E-state index contributed by atoms with van der Waals surface area (Å²) in [5, 5.41) is 4.30. The van der Waals surface area contributed by atoms with Crippen molar-refractivity contribution >= 4 is 27.5 Å². The average molecular weight is 526 g/mol. The number of hydrogen-bond acceptors (Lipinski definition) is 4. The van der Waals surface area contributed by atoms with Crippen molar-refractivity contribution in [2.45, 2.75) is 59.1 Å². The molecule has 178 valence electrons. The van der Waals surface area contributed by atoms with Crippen molar-refractivity contribution < 1.29 is 9.47 Å². The summed E-state index contributed by atoms with van der Waals surface area (Å²) in [6, 6.07) is 11.8. The molecule has 0 saturated heterocycles. The Hall–Kier alpha value is -1.27. The van der Waals surface area contributed by atoms with Gasteiger partial charge in [0.1, 0.15) is 6.61 Å². The minimum Gasteiger partial charge on any atom is -0.493 e. The summed E-state index contributed by atoms with van der Waals surface area (Å²) >= 11 is 9.61. The van der Waals surface area contributed by atoms with Gasteiger partial charge in [-0.2, -0.15) is 0 Å². The van der Waals surface area contributed by atoms with Crippen molar-refractivity contribution in [3.8, 4) is 11.5 Å². The minimum absolute atomic E-state index is 0.455. The van der Waals surface area contributed by atoms with Crippen molar-refractivity contribution in [3.63, 3.8) is 0 Å². The van der Waals surface area contributed by atoms with Crippen molar-refractivity contribution in [3.05, 3.63) is 57.0 Å². The molecule has 2 rings (SSSR count). The molecule has 0 amide bonds. The second-order valence-corrected chi connectivity index (χ2v) is 9.39. The molecule has 0 heterocycles. The molecule has 0 aliphatic carbocycles. The molecule has 6 heteroatoms. The molecular weight excluding hydrogens is 488 g/mol. The van der Waals surface area contributed by atoms with Gasteiger partial charge in [0.15, 0.2) is 11.5 Å². The highest BCUT2D eigenvalue weighted by Crippen LogP contribution is 2.37. The van der Waals surface area contributed by atoms with E-state index >= 15 is 0 Å². The molecule has 0 bridgehead atoms. The first-order chi connectivity index (χ1) is 15.6. The van der Waals surface area contributed by atoms with Crippen LogP contribution in [0.1, 0.15) is 57.1 Å². The Morgan fingerprint density at radius 2 is 1.59 bits per heavy atom. The van der Waals surface area contributed by atoms with Crippen LogP contribution in [0.3, 0.4) is 0 Å². The van der Waals surface area contributed by atoms with E-state index < -0.39 is 0 Å². The molecule has 1 N–H and O–H groups in total. The van der Waals surface area contributed by atoms with Gasteiger partial charge < -0.3 is 19.7 Å². The number of nitrogens with zero attached hydrogens (tertiary/aromatic N) is 1. The van der Waals surface area contributed by atoms with Gasteiger partial charge in [-0.25, -0.2) is 0 Å². The van der Waals surface area contributed by atoms with Crippen LogP contribution in [0.5, 0.6) is 11.5 Å². The first kappa shape index (κ1) is 27.0. The highest BCUT2D eigenvalue weighted by atomic mass is 79.9. The van der Waals surface area contributed by atoms with Crippen LogP contribution in [0.15, 0.2) is 40.9 Å². The van der Waals surface area contributed by atoms with Crippen molar-refractivity contribution in [2.24, 2.45) is 0 Å². The van der Waals surface area contributed by atoms with E-state index in [2.05, 4.69) is 46.1 Å². The summed E-state index contributed by atoms with van der Waals surface area (Å²) in [5.74, 6) is 1.45. The summed E-state index contributed by atoms with van der Waals surface area (Å²) in [6.07, 6.45) is 6.26. The molecule has 0 aromatic heterocycles. The van der Waals surface area contributed by atoms with Gasteiger partial charge in [0.2, 0.25) is 0 Å². The third-order valence-corrected chi connectivity index (χ3v) is 6.24. The Kier molecular flexibility index (Phi) is 13.1. The fourth-order valence-corrected chi connectivity index (χ4v) is 4.24. The van der Waals surface area contributed by atoms with Crippen LogP contribution in [0, 0.1) is 0 Å². The van der Waals surface area contributed by atoms with Gasteiger partial charge in [0.05, 0.1) is 11.6 Å². The molecule has 2 aromatic carbocycles. The maximum Gasteiger partial charge on any atom is 0.175 e. The third kappa shape index (κ3) is 9.70. The van der Waals surface area contributed by atoms with Crippen LogP contribution in [0.4, 0.5) is 0 Å². The fraction of sp³-hybridized carbons (Fsp3) is 0.538. The first-order valence-electron chi connectivity index (χ1n) is 11.7. The lowest BCUT2D eigenvalue weighted by atomic mass is 10.2. The lowest BCUT2D eigenvalue weighted by Crippen LogP contribution is -2.29. The molecular formula is C26H38BrClN2O2. The van der Waals surface area contributed by atoms with Gasteiger partial charge in [-0.1, -0.05) is 50.4 Å². The van der Waals surface area contributed by atoms with Crippen LogP contribution in [0.2, 0.25) is 5.02 Å². The van der Waals surface area contributed by atoms with Crippen LogP contribution in [-0.4, -0.2) is 38.2 Å². The highest BCUT2D eigenvalue weighted by Gasteiger charge is 2.12. The number of benzene rings is 2. The highest BCUT2D eigenvalue weighted by molar-refractivity contribution is 9.10. The summed E-state index contributed by atoms with van der Waals surface area (Å²) in [5.41, 5.74) is 2.22. The number of halogens is 2. The minimum atomic E-state index is 0.455. The molecule has 0 aliphatic rings. The Morgan fingerprint density at radius 1 is 0.938 bits per heavy atom. The maximum atomic E-state index is 6.03. The molecule has 32 heavy (non-hydrogen) atoms. The topological polar surface area (TPSA) is 33.7 Å². The Bertz CT molecular complexity index is 778. The predicted octanol–water partition coefficient (Wildman–Crippen LogP) is 7.07. The Balaban J connectivity index is 1.83. The second kappa shape index (κ2) is 15.5. The summed E-state index contributed by atoms with van der Waals surface area (Å²) in [6.45, 7) is 10.4. The number of unbranched alkanes of at least 4 members (excludes halogenated alkanes) is 2. The number of nitrogens with one attached hydrogen (secondary N) is 1. The van der Waals surface area contributed by atoms with E-state index in [1.165, 1.54) is 44.3 Å². The molecule has 2 aromatic rings. The number of rotatable bonds is 16. The van der Waals surface area contributed by atoms with Crippen molar-refractivity contribution in [1.82, 2.24) is 10.2 Å². The van der Waals surface area contributed by atoms with Crippen molar-refractivity contribution in [1.29, 1.82) is 0 Å². The van der Waals surface area contributed by atoms with Gasteiger partial charge >= 0.3 is 0 Å². The van der Waals surface area contributed by atoms with Crippen molar-refractivity contribution in [2.75, 3.05) is 33.3 Å². The molecule has 0 saturated carbocycles. The van der Waals surface area contributed by atoms with E-state index in [0.29, 0.717) is 12.4 Å².